The summed E-state index contributed by atoms with van der Waals surface area (Å²) in [7, 11) is 1.51. The predicted molar refractivity (Wildman–Crippen MR) is 49.0 cm³/mol. The van der Waals surface area contributed by atoms with Gasteiger partial charge in [-0.3, -0.25) is 5.41 Å². The molecule has 1 atom stereocenters. The molecular formula is C8H18N2O5. The molecule has 0 aromatic heterocycles. The van der Waals surface area contributed by atoms with Crippen molar-refractivity contribution in [3.05, 3.63) is 11.5 Å². The minimum Gasteiger partial charge on any atom is -0.870 e. The molecule has 0 amide bonds. The van der Waals surface area contributed by atoms with Crippen molar-refractivity contribution < 1.29 is 37.0 Å². The summed E-state index contributed by atoms with van der Waals surface area (Å²) >= 11 is 0. The minimum absolute atomic E-state index is 0. The van der Waals surface area contributed by atoms with Crippen molar-refractivity contribution in [1.29, 1.82) is 0 Å². The van der Waals surface area contributed by atoms with E-state index in [9.17, 15) is 5.11 Å². The average molecular weight is 222 g/mol. The molecule has 7 heteroatoms. The van der Waals surface area contributed by atoms with Gasteiger partial charge in [0.25, 0.3) is 0 Å². The van der Waals surface area contributed by atoms with E-state index in [1.165, 1.54) is 7.11 Å². The molecule has 90 valence electrons. The summed E-state index contributed by atoms with van der Waals surface area (Å²) in [6.45, 7) is -0.316. The van der Waals surface area contributed by atoms with Crippen LogP contribution >= 0.6 is 0 Å². The van der Waals surface area contributed by atoms with E-state index >= 15 is 0 Å². The van der Waals surface area contributed by atoms with Crippen LogP contribution in [0.4, 0.5) is 0 Å². The number of rotatable bonds is 2. The molecule has 1 rings (SSSR count). The summed E-state index contributed by atoms with van der Waals surface area (Å²) in [5.41, 5.74) is 3.63. The highest BCUT2D eigenvalue weighted by Gasteiger charge is 2.40. The third kappa shape index (κ3) is 3.26. The maximum Gasteiger partial charge on any atom is 0.243 e. The molecule has 1 aliphatic carbocycles. The number of aliphatic hydroxyl groups is 2. The lowest BCUT2D eigenvalue weighted by Gasteiger charge is -2.27. The van der Waals surface area contributed by atoms with Crippen molar-refractivity contribution in [3.8, 4) is 0 Å². The van der Waals surface area contributed by atoms with Crippen LogP contribution in [0.2, 0.25) is 0 Å². The first kappa shape index (κ1) is 16.4. The Labute approximate surface area is 87.3 Å². The first-order valence-electron chi connectivity index (χ1n) is 4.06. The summed E-state index contributed by atoms with van der Waals surface area (Å²) in [4.78, 5) is 0. The van der Waals surface area contributed by atoms with Crippen molar-refractivity contribution in [1.82, 2.24) is 0 Å². The van der Waals surface area contributed by atoms with Crippen molar-refractivity contribution in [2.45, 2.75) is 18.4 Å². The van der Waals surface area contributed by atoms with Gasteiger partial charge in [0.05, 0.1) is 26.6 Å². The average Bonchev–Trinajstić information content (AvgIpc) is 2.03. The summed E-state index contributed by atoms with van der Waals surface area (Å²) in [6.07, 6.45) is 0.527. The number of nitrogens with two attached hydrogens (primary N) is 1. The van der Waals surface area contributed by atoms with Crippen LogP contribution < -0.4 is 11.1 Å². The largest absolute Gasteiger partial charge is 0.870 e. The molecule has 7 nitrogen and oxygen atoms in total. The minimum atomic E-state index is -1.16. The molecule has 0 unspecified atom stereocenters. The zero-order chi connectivity index (χ0) is 10.1. The van der Waals surface area contributed by atoms with Crippen LogP contribution in [0, 0.1) is 0 Å². The third-order valence-electron chi connectivity index (χ3n) is 2.17. The molecule has 0 saturated carbocycles. The number of methoxy groups -OCH3 is 1. The van der Waals surface area contributed by atoms with Gasteiger partial charge < -0.3 is 31.6 Å². The summed E-state index contributed by atoms with van der Waals surface area (Å²) in [5, 5.41) is 24.3. The Hall–Kier alpha value is -0.990. The van der Waals surface area contributed by atoms with Crippen LogP contribution in [0.25, 0.3) is 0 Å². The van der Waals surface area contributed by atoms with Gasteiger partial charge in [0.1, 0.15) is 5.60 Å². The molecule has 0 fully saturated rings. The Morgan fingerprint density at radius 1 is 1.47 bits per heavy atom. The standard InChI is InChI=1S/C8H14N2O3.2H2O/c1-13-7-5(9)2-8(12,4-11)3-6(7)10;;/h9,11-12H,2-4,10H2,1H3;2*1H2/t8-;;/m1../s1. The van der Waals surface area contributed by atoms with Gasteiger partial charge in [0, 0.05) is 0 Å². The number of quaternary nitrogens is 1. The Balaban J connectivity index is 0. The van der Waals surface area contributed by atoms with E-state index in [2.05, 4.69) is 5.73 Å². The lowest BCUT2D eigenvalue weighted by atomic mass is 9.86. The molecule has 0 spiro atoms. The second-order valence-electron chi connectivity index (χ2n) is 3.40. The lowest BCUT2D eigenvalue weighted by molar-refractivity contribution is -0.318. The second-order valence-corrected chi connectivity index (χ2v) is 3.40. The Kier molecular flexibility index (Phi) is 6.34. The molecule has 0 heterocycles. The molecule has 0 aromatic carbocycles. The van der Waals surface area contributed by atoms with Crippen LogP contribution in [-0.2, 0) is 4.74 Å². The van der Waals surface area contributed by atoms with E-state index in [4.69, 9.17) is 15.3 Å². The van der Waals surface area contributed by atoms with Crippen LogP contribution in [0.1, 0.15) is 12.8 Å². The van der Waals surface area contributed by atoms with E-state index < -0.39 is 5.60 Å². The second kappa shape index (κ2) is 5.79. The fourth-order valence-corrected chi connectivity index (χ4v) is 1.59. The zero-order valence-corrected chi connectivity index (χ0v) is 8.60. The predicted octanol–water partition coefficient (Wildman–Crippen LogP) is -3.55. The van der Waals surface area contributed by atoms with Crippen molar-refractivity contribution in [2.24, 2.45) is 0 Å². The van der Waals surface area contributed by atoms with Gasteiger partial charge in [0.15, 0.2) is 5.70 Å². The van der Waals surface area contributed by atoms with Crippen LogP contribution in [0.5, 0.6) is 0 Å². The number of hydrogen-bond donors (Lipinski definition) is 4. The zero-order valence-electron chi connectivity index (χ0n) is 8.60. The van der Waals surface area contributed by atoms with Crippen molar-refractivity contribution in [3.63, 3.8) is 0 Å². The van der Waals surface area contributed by atoms with Crippen molar-refractivity contribution in [2.75, 3.05) is 13.7 Å². The van der Waals surface area contributed by atoms with Gasteiger partial charge in [-0.2, -0.15) is 0 Å². The molecule has 0 aromatic rings. The van der Waals surface area contributed by atoms with Crippen LogP contribution in [-0.4, -0.2) is 46.2 Å². The quantitative estimate of drug-likeness (QED) is 0.379. The topological polar surface area (TPSA) is 163 Å². The van der Waals surface area contributed by atoms with E-state index in [0.29, 0.717) is 23.6 Å². The van der Waals surface area contributed by atoms with Crippen molar-refractivity contribution >= 4 is 5.71 Å². The highest BCUT2D eigenvalue weighted by Crippen LogP contribution is 2.26. The molecule has 9 N–H and O–H groups in total. The summed E-state index contributed by atoms with van der Waals surface area (Å²) in [6, 6.07) is 0. The van der Waals surface area contributed by atoms with Gasteiger partial charge in [-0.05, 0) is 0 Å². The van der Waals surface area contributed by atoms with E-state index in [1.807, 2.05) is 0 Å². The third-order valence-corrected chi connectivity index (χ3v) is 2.17. The molecule has 0 aliphatic heterocycles. The highest BCUT2D eigenvalue weighted by atomic mass is 16.5. The normalized spacial score (nSPS) is 25.5. The van der Waals surface area contributed by atoms with Gasteiger partial charge in [-0.15, -0.1) is 0 Å². The van der Waals surface area contributed by atoms with Crippen LogP contribution in [0.3, 0.4) is 0 Å². The smallest absolute Gasteiger partial charge is 0.243 e. The number of allylic oxidation sites excluding steroid dienone is 1. The summed E-state index contributed by atoms with van der Waals surface area (Å²) < 4.78 is 5.02. The van der Waals surface area contributed by atoms with Crippen LogP contribution in [0.15, 0.2) is 11.5 Å². The number of aliphatic hydroxyl groups excluding tert-OH is 1. The Morgan fingerprint density at radius 2 is 2.00 bits per heavy atom. The molecule has 15 heavy (non-hydrogen) atoms. The molecule has 0 radical (unpaired) electrons. The first-order chi connectivity index (χ1) is 6.02. The molecule has 0 bridgehead atoms. The maximum absolute atomic E-state index is 9.75. The van der Waals surface area contributed by atoms with E-state index in [-0.39, 0.29) is 24.0 Å². The highest BCUT2D eigenvalue weighted by molar-refractivity contribution is 5.95. The first-order valence-corrected chi connectivity index (χ1v) is 4.06. The monoisotopic (exact) mass is 222 g/mol. The van der Waals surface area contributed by atoms with Gasteiger partial charge >= 0.3 is 0 Å². The Morgan fingerprint density at radius 3 is 2.33 bits per heavy atom. The molecule has 0 saturated heterocycles. The number of ether oxygens (including phenoxy) is 1. The lowest BCUT2D eigenvalue weighted by Crippen LogP contribution is -2.60. The number of hydrogen-bond acceptors (Lipinski definition) is 5. The van der Waals surface area contributed by atoms with E-state index in [0.717, 1.165) is 0 Å². The molecule has 1 aliphatic rings. The van der Waals surface area contributed by atoms with Gasteiger partial charge in [-0.25, -0.2) is 0 Å². The fourth-order valence-electron chi connectivity index (χ4n) is 1.59. The maximum atomic E-state index is 9.75. The fraction of sp³-hybridized carbons (Fsp3) is 0.625. The van der Waals surface area contributed by atoms with Gasteiger partial charge in [0.2, 0.25) is 11.5 Å². The van der Waals surface area contributed by atoms with Gasteiger partial charge in [-0.1, -0.05) is 0 Å². The summed E-state index contributed by atoms with van der Waals surface area (Å²) in [5.74, 6) is 0.540. The van der Waals surface area contributed by atoms with E-state index in [1.54, 1.807) is 0 Å². The Bertz CT molecular complexity index is 266. The molecular weight excluding hydrogens is 204 g/mol. The SMILES string of the molecule is COC1=C([NH3+])C[C@@](O)(CO)CC1=[NH2+].[OH-].[OH-].